The maximum Gasteiger partial charge on any atom is 0.254 e. The molecule has 1 atom stereocenters. The zero-order chi connectivity index (χ0) is 12.4. The summed E-state index contributed by atoms with van der Waals surface area (Å²) in [5.74, 6) is -0.0245. The van der Waals surface area contributed by atoms with Gasteiger partial charge < -0.3 is 15.4 Å². The van der Waals surface area contributed by atoms with E-state index in [1.54, 1.807) is 23.1 Å². The first-order chi connectivity index (χ1) is 8.08. The van der Waals surface area contributed by atoms with Crippen LogP contribution in [0.3, 0.4) is 0 Å². The monoisotopic (exact) mass is 254 g/mol. The number of anilines is 1. The van der Waals surface area contributed by atoms with Gasteiger partial charge in [-0.05, 0) is 25.1 Å². The number of carbonyl (C=O) groups excluding carboxylic acids is 1. The van der Waals surface area contributed by atoms with Gasteiger partial charge in [-0.3, -0.25) is 4.79 Å². The molecule has 0 unspecified atom stereocenters. The topological polar surface area (TPSA) is 55.6 Å². The number of amides is 1. The summed E-state index contributed by atoms with van der Waals surface area (Å²) in [4.78, 5) is 14.0. The molecule has 1 aromatic rings. The number of carbonyl (C=O) groups is 1. The number of rotatable bonds is 1. The van der Waals surface area contributed by atoms with E-state index in [1.165, 1.54) is 0 Å². The van der Waals surface area contributed by atoms with Crippen LogP contribution in [-0.2, 0) is 4.74 Å². The maximum absolute atomic E-state index is 12.2. The van der Waals surface area contributed by atoms with Crippen molar-refractivity contribution in [2.24, 2.45) is 0 Å². The molecule has 0 spiro atoms. The summed E-state index contributed by atoms with van der Waals surface area (Å²) < 4.78 is 5.40. The van der Waals surface area contributed by atoms with E-state index in [2.05, 4.69) is 0 Å². The van der Waals surface area contributed by atoms with Crippen molar-refractivity contribution in [1.82, 2.24) is 4.90 Å². The molecule has 1 aliphatic heterocycles. The second-order valence-electron chi connectivity index (χ2n) is 4.17. The minimum absolute atomic E-state index is 0.0245. The van der Waals surface area contributed by atoms with Gasteiger partial charge in [0.1, 0.15) is 0 Å². The maximum atomic E-state index is 12.2. The van der Waals surface area contributed by atoms with Crippen molar-refractivity contribution in [1.29, 1.82) is 0 Å². The molecule has 5 heteroatoms. The van der Waals surface area contributed by atoms with Crippen LogP contribution in [0, 0.1) is 0 Å². The number of morpholine rings is 1. The summed E-state index contributed by atoms with van der Waals surface area (Å²) in [6.07, 6.45) is 0.0809. The van der Waals surface area contributed by atoms with Crippen molar-refractivity contribution >= 4 is 23.2 Å². The van der Waals surface area contributed by atoms with Gasteiger partial charge in [0, 0.05) is 18.7 Å². The number of halogens is 1. The molecule has 4 nitrogen and oxygen atoms in total. The largest absolute Gasteiger partial charge is 0.398 e. The van der Waals surface area contributed by atoms with Crippen LogP contribution in [0.1, 0.15) is 17.3 Å². The van der Waals surface area contributed by atoms with E-state index in [-0.39, 0.29) is 12.0 Å². The Balaban J connectivity index is 2.15. The first-order valence-electron chi connectivity index (χ1n) is 5.54. The van der Waals surface area contributed by atoms with Crippen molar-refractivity contribution in [2.75, 3.05) is 25.4 Å². The predicted octanol–water partition coefficient (Wildman–Crippen LogP) is 1.78. The third kappa shape index (κ3) is 2.70. The third-order valence-corrected chi connectivity index (χ3v) is 3.12. The molecule has 0 aromatic heterocycles. The quantitative estimate of drug-likeness (QED) is 0.778. The Morgan fingerprint density at radius 1 is 1.59 bits per heavy atom. The van der Waals surface area contributed by atoms with E-state index in [4.69, 9.17) is 22.1 Å². The van der Waals surface area contributed by atoms with Crippen LogP contribution in [0.25, 0.3) is 0 Å². The van der Waals surface area contributed by atoms with Crippen molar-refractivity contribution in [2.45, 2.75) is 13.0 Å². The highest BCUT2D eigenvalue weighted by Gasteiger charge is 2.22. The van der Waals surface area contributed by atoms with Gasteiger partial charge in [-0.2, -0.15) is 0 Å². The van der Waals surface area contributed by atoms with Crippen molar-refractivity contribution in [3.63, 3.8) is 0 Å². The van der Waals surface area contributed by atoms with E-state index in [1.807, 2.05) is 6.92 Å². The number of hydrogen-bond donors (Lipinski definition) is 1. The highest BCUT2D eigenvalue weighted by molar-refractivity contribution is 6.33. The fourth-order valence-corrected chi connectivity index (χ4v) is 1.98. The lowest BCUT2D eigenvalue weighted by Gasteiger charge is -2.31. The molecule has 0 radical (unpaired) electrons. The van der Waals surface area contributed by atoms with Crippen LogP contribution in [0.4, 0.5) is 5.69 Å². The zero-order valence-corrected chi connectivity index (χ0v) is 10.4. The molecule has 1 heterocycles. The second kappa shape index (κ2) is 4.94. The fourth-order valence-electron chi connectivity index (χ4n) is 1.86. The SMILES string of the molecule is C[C@@H]1CN(C(=O)c2ccc(Cl)c(N)c2)CCO1. The number of nitrogens with zero attached hydrogens (tertiary/aromatic N) is 1. The lowest BCUT2D eigenvalue weighted by molar-refractivity contribution is -0.0124. The predicted molar refractivity (Wildman–Crippen MR) is 67.2 cm³/mol. The molecule has 0 saturated carbocycles. The van der Waals surface area contributed by atoms with Gasteiger partial charge in [-0.1, -0.05) is 11.6 Å². The Morgan fingerprint density at radius 3 is 3.00 bits per heavy atom. The molecular weight excluding hydrogens is 240 g/mol. The molecule has 2 rings (SSSR count). The number of nitrogens with two attached hydrogens (primary N) is 1. The molecule has 17 heavy (non-hydrogen) atoms. The molecule has 1 amide bonds. The number of hydrogen-bond acceptors (Lipinski definition) is 3. The summed E-state index contributed by atoms with van der Waals surface area (Å²) in [5, 5.41) is 0.469. The van der Waals surface area contributed by atoms with Gasteiger partial charge in [0.2, 0.25) is 0 Å². The third-order valence-electron chi connectivity index (χ3n) is 2.77. The van der Waals surface area contributed by atoms with E-state index >= 15 is 0 Å². The highest BCUT2D eigenvalue weighted by atomic mass is 35.5. The minimum Gasteiger partial charge on any atom is -0.398 e. The van der Waals surface area contributed by atoms with Gasteiger partial charge in [-0.15, -0.1) is 0 Å². The molecule has 2 N–H and O–H groups in total. The molecule has 1 saturated heterocycles. The molecule has 92 valence electrons. The van der Waals surface area contributed by atoms with Crippen LogP contribution in [0.5, 0.6) is 0 Å². The summed E-state index contributed by atoms with van der Waals surface area (Å²) in [5.41, 5.74) is 6.69. The Morgan fingerprint density at radius 2 is 2.35 bits per heavy atom. The summed E-state index contributed by atoms with van der Waals surface area (Å²) in [6.45, 7) is 3.76. The summed E-state index contributed by atoms with van der Waals surface area (Å²) >= 11 is 5.82. The Bertz CT molecular complexity index is 437. The van der Waals surface area contributed by atoms with Crippen LogP contribution in [0.2, 0.25) is 5.02 Å². The standard InChI is InChI=1S/C12H15ClN2O2/c1-8-7-15(4-5-17-8)12(16)9-2-3-10(13)11(14)6-9/h2-3,6,8H,4-5,7,14H2,1H3/t8-/m1/s1. The lowest BCUT2D eigenvalue weighted by Crippen LogP contribution is -2.44. The summed E-state index contributed by atoms with van der Waals surface area (Å²) in [6, 6.07) is 4.96. The zero-order valence-electron chi connectivity index (χ0n) is 9.65. The highest BCUT2D eigenvalue weighted by Crippen LogP contribution is 2.21. The number of ether oxygens (including phenoxy) is 1. The summed E-state index contributed by atoms with van der Waals surface area (Å²) in [7, 11) is 0. The smallest absolute Gasteiger partial charge is 0.254 e. The molecule has 0 bridgehead atoms. The van der Waals surface area contributed by atoms with Crippen molar-refractivity contribution in [3.05, 3.63) is 28.8 Å². The number of nitrogen functional groups attached to an aromatic ring is 1. The van der Waals surface area contributed by atoms with E-state index in [0.717, 1.165) is 0 Å². The molecule has 1 fully saturated rings. The van der Waals surface area contributed by atoms with Crippen LogP contribution >= 0.6 is 11.6 Å². The van der Waals surface area contributed by atoms with Gasteiger partial charge in [0.25, 0.3) is 5.91 Å². The molecule has 1 aliphatic rings. The molecular formula is C12H15ClN2O2. The molecule has 1 aromatic carbocycles. The van der Waals surface area contributed by atoms with Gasteiger partial charge >= 0.3 is 0 Å². The van der Waals surface area contributed by atoms with Gasteiger partial charge in [-0.25, -0.2) is 0 Å². The first kappa shape index (κ1) is 12.2. The number of benzene rings is 1. The molecule has 0 aliphatic carbocycles. The fraction of sp³-hybridized carbons (Fsp3) is 0.417. The van der Waals surface area contributed by atoms with E-state index in [0.29, 0.717) is 36.0 Å². The van der Waals surface area contributed by atoms with Crippen LogP contribution in [0.15, 0.2) is 18.2 Å². The van der Waals surface area contributed by atoms with Gasteiger partial charge in [0.15, 0.2) is 0 Å². The first-order valence-corrected chi connectivity index (χ1v) is 5.91. The van der Waals surface area contributed by atoms with E-state index in [9.17, 15) is 4.79 Å². The minimum atomic E-state index is -0.0245. The van der Waals surface area contributed by atoms with Gasteiger partial charge in [0.05, 0.1) is 23.4 Å². The average molecular weight is 255 g/mol. The average Bonchev–Trinajstić information content (AvgIpc) is 2.32. The van der Waals surface area contributed by atoms with E-state index < -0.39 is 0 Å². The second-order valence-corrected chi connectivity index (χ2v) is 4.58. The van der Waals surface area contributed by atoms with Crippen molar-refractivity contribution < 1.29 is 9.53 Å². The Labute approximate surface area is 105 Å². The van der Waals surface area contributed by atoms with Crippen molar-refractivity contribution in [3.8, 4) is 0 Å². The normalized spacial score (nSPS) is 20.4. The van der Waals surface area contributed by atoms with Crippen LogP contribution < -0.4 is 5.73 Å². The van der Waals surface area contributed by atoms with Crippen LogP contribution in [-0.4, -0.2) is 36.6 Å². The Kier molecular flexibility index (Phi) is 3.54. The lowest BCUT2D eigenvalue weighted by atomic mass is 10.1. The Hall–Kier alpha value is -1.26.